The molecule has 0 fully saturated rings. The highest BCUT2D eigenvalue weighted by Gasteiger charge is 2.14. The van der Waals surface area contributed by atoms with Crippen LogP contribution in [-0.4, -0.2) is 9.78 Å². The molecule has 0 spiro atoms. The number of hydrogen-bond donors (Lipinski definition) is 1. The highest BCUT2D eigenvalue weighted by Crippen LogP contribution is 2.22. The topological polar surface area (TPSA) is 17.8 Å². The van der Waals surface area contributed by atoms with Crippen molar-refractivity contribution in [1.82, 2.24) is 9.78 Å². The standard InChI is InChI=1S/C5H6F2N2S/c1-9-2-3(10)4(8-9)5(6)7/h2,5,10H,1H3. The van der Waals surface area contributed by atoms with Crippen LogP contribution in [0, 0.1) is 0 Å². The van der Waals surface area contributed by atoms with E-state index in [4.69, 9.17) is 0 Å². The lowest BCUT2D eigenvalue weighted by Crippen LogP contribution is -1.90. The van der Waals surface area contributed by atoms with E-state index in [9.17, 15) is 8.78 Å². The Hall–Kier alpha value is -0.580. The number of nitrogens with zero attached hydrogens (tertiary/aromatic N) is 2. The fourth-order valence-electron chi connectivity index (χ4n) is 0.649. The maximum Gasteiger partial charge on any atom is 0.283 e. The maximum atomic E-state index is 11.9. The van der Waals surface area contributed by atoms with Crippen LogP contribution < -0.4 is 0 Å². The highest BCUT2D eigenvalue weighted by molar-refractivity contribution is 7.80. The van der Waals surface area contributed by atoms with Crippen LogP contribution in [0.1, 0.15) is 12.1 Å². The molecule has 2 nitrogen and oxygen atoms in total. The first-order valence-electron chi connectivity index (χ1n) is 2.62. The SMILES string of the molecule is Cn1cc(S)c(C(F)F)n1. The molecule has 0 bridgehead atoms. The van der Waals surface area contributed by atoms with Crippen molar-refractivity contribution in [2.75, 3.05) is 0 Å². The lowest BCUT2D eigenvalue weighted by Gasteiger charge is -1.91. The normalized spacial score (nSPS) is 10.9. The molecule has 0 N–H and O–H groups in total. The summed E-state index contributed by atoms with van der Waals surface area (Å²) in [4.78, 5) is 0.234. The zero-order valence-corrected chi connectivity index (χ0v) is 6.15. The lowest BCUT2D eigenvalue weighted by atomic mass is 10.5. The predicted octanol–water partition coefficient (Wildman–Crippen LogP) is 1.65. The number of alkyl halides is 2. The van der Waals surface area contributed by atoms with Crippen LogP contribution in [0.5, 0.6) is 0 Å². The molecule has 0 unspecified atom stereocenters. The van der Waals surface area contributed by atoms with Crippen molar-refractivity contribution in [2.24, 2.45) is 7.05 Å². The number of aromatic nitrogens is 2. The minimum atomic E-state index is -2.53. The molecule has 0 saturated carbocycles. The smallest absolute Gasteiger partial charge is 0.274 e. The van der Waals surface area contributed by atoms with Crippen molar-refractivity contribution in [1.29, 1.82) is 0 Å². The summed E-state index contributed by atoms with van der Waals surface area (Å²) in [5.41, 5.74) is -0.258. The van der Waals surface area contributed by atoms with Crippen LogP contribution >= 0.6 is 12.6 Å². The van der Waals surface area contributed by atoms with Gasteiger partial charge in [0.05, 0.1) is 4.90 Å². The first-order chi connectivity index (χ1) is 4.61. The van der Waals surface area contributed by atoms with E-state index >= 15 is 0 Å². The molecule has 0 aliphatic heterocycles. The monoisotopic (exact) mass is 164 g/mol. The van der Waals surface area contributed by atoms with Gasteiger partial charge in [-0.1, -0.05) is 0 Å². The molecule has 56 valence electrons. The fourth-order valence-corrected chi connectivity index (χ4v) is 0.958. The van der Waals surface area contributed by atoms with E-state index in [1.165, 1.54) is 10.9 Å². The molecule has 0 radical (unpaired) electrons. The van der Waals surface area contributed by atoms with Gasteiger partial charge < -0.3 is 0 Å². The molecule has 0 aliphatic rings. The Kier molecular flexibility index (Phi) is 1.94. The number of rotatable bonds is 1. The molecule has 0 aromatic carbocycles. The molecule has 1 aromatic heterocycles. The Morgan fingerprint density at radius 3 is 2.50 bits per heavy atom. The van der Waals surface area contributed by atoms with Gasteiger partial charge in [0, 0.05) is 13.2 Å². The largest absolute Gasteiger partial charge is 0.283 e. The van der Waals surface area contributed by atoms with Gasteiger partial charge in [-0.05, 0) is 0 Å². The average Bonchev–Trinajstić information content (AvgIpc) is 2.10. The minimum absolute atomic E-state index is 0.234. The highest BCUT2D eigenvalue weighted by atomic mass is 32.1. The van der Waals surface area contributed by atoms with Crippen LogP contribution in [0.25, 0.3) is 0 Å². The maximum absolute atomic E-state index is 11.9. The van der Waals surface area contributed by atoms with Crippen LogP contribution in [0.2, 0.25) is 0 Å². The summed E-state index contributed by atoms with van der Waals surface area (Å²) < 4.78 is 25.1. The van der Waals surface area contributed by atoms with Crippen LogP contribution in [-0.2, 0) is 7.05 Å². The lowest BCUT2D eigenvalue weighted by molar-refractivity contribution is 0.142. The van der Waals surface area contributed by atoms with Crippen molar-refractivity contribution < 1.29 is 8.78 Å². The number of thiol groups is 1. The summed E-state index contributed by atoms with van der Waals surface area (Å²) in [6, 6.07) is 0. The molecule has 5 heteroatoms. The van der Waals surface area contributed by atoms with Gasteiger partial charge in [-0.3, -0.25) is 4.68 Å². The molecule has 1 aromatic rings. The van der Waals surface area contributed by atoms with Crippen molar-refractivity contribution in [3.05, 3.63) is 11.9 Å². The van der Waals surface area contributed by atoms with E-state index < -0.39 is 6.43 Å². The molecular formula is C5H6F2N2S. The van der Waals surface area contributed by atoms with E-state index in [1.54, 1.807) is 7.05 Å². The first-order valence-corrected chi connectivity index (χ1v) is 3.06. The zero-order chi connectivity index (χ0) is 7.72. The summed E-state index contributed by atoms with van der Waals surface area (Å²) in [5, 5.41) is 3.50. The van der Waals surface area contributed by atoms with Crippen molar-refractivity contribution in [2.45, 2.75) is 11.3 Å². The molecule has 0 saturated heterocycles. The van der Waals surface area contributed by atoms with Gasteiger partial charge in [0.25, 0.3) is 6.43 Å². The molecule has 0 amide bonds. The number of hydrogen-bond acceptors (Lipinski definition) is 2. The summed E-state index contributed by atoms with van der Waals surface area (Å²) in [5.74, 6) is 0. The third kappa shape index (κ3) is 1.29. The molecule has 0 atom stereocenters. The number of halogens is 2. The van der Waals surface area contributed by atoms with Crippen LogP contribution in [0.15, 0.2) is 11.1 Å². The summed E-state index contributed by atoms with van der Waals surface area (Å²) in [6.45, 7) is 0. The Balaban J connectivity index is 3.03. The summed E-state index contributed by atoms with van der Waals surface area (Å²) >= 11 is 3.79. The second-order valence-corrected chi connectivity index (χ2v) is 2.36. The Morgan fingerprint density at radius 2 is 2.30 bits per heavy atom. The molecule has 1 rings (SSSR count). The molecule has 1 heterocycles. The molecule has 0 aliphatic carbocycles. The van der Waals surface area contributed by atoms with Gasteiger partial charge >= 0.3 is 0 Å². The van der Waals surface area contributed by atoms with Crippen molar-refractivity contribution in [3.63, 3.8) is 0 Å². The van der Waals surface area contributed by atoms with Gasteiger partial charge in [0.15, 0.2) is 0 Å². The fraction of sp³-hybridized carbons (Fsp3) is 0.400. The van der Waals surface area contributed by atoms with Crippen molar-refractivity contribution in [3.8, 4) is 0 Å². The van der Waals surface area contributed by atoms with Gasteiger partial charge in [0.2, 0.25) is 0 Å². The first kappa shape index (κ1) is 7.53. The predicted molar refractivity (Wildman–Crippen MR) is 35.4 cm³/mol. The molecular weight excluding hydrogens is 158 g/mol. The Bertz CT molecular complexity index is 234. The van der Waals surface area contributed by atoms with Gasteiger partial charge in [0.1, 0.15) is 5.69 Å². The van der Waals surface area contributed by atoms with E-state index in [0.29, 0.717) is 0 Å². The Labute approximate surface area is 62.3 Å². The van der Waals surface area contributed by atoms with Crippen LogP contribution in [0.3, 0.4) is 0 Å². The number of aryl methyl sites for hydroxylation is 1. The van der Waals surface area contributed by atoms with E-state index in [2.05, 4.69) is 17.7 Å². The molecule has 10 heavy (non-hydrogen) atoms. The van der Waals surface area contributed by atoms with Gasteiger partial charge in [-0.25, -0.2) is 8.78 Å². The minimum Gasteiger partial charge on any atom is -0.274 e. The summed E-state index contributed by atoms with van der Waals surface area (Å²) in [6.07, 6.45) is -1.10. The van der Waals surface area contributed by atoms with E-state index in [-0.39, 0.29) is 10.6 Å². The second kappa shape index (κ2) is 2.57. The average molecular weight is 164 g/mol. The summed E-state index contributed by atoms with van der Waals surface area (Å²) in [7, 11) is 1.58. The van der Waals surface area contributed by atoms with Gasteiger partial charge in [-0.2, -0.15) is 5.10 Å². The zero-order valence-electron chi connectivity index (χ0n) is 5.25. The Morgan fingerprint density at radius 1 is 1.70 bits per heavy atom. The van der Waals surface area contributed by atoms with Gasteiger partial charge in [-0.15, -0.1) is 12.6 Å². The third-order valence-corrected chi connectivity index (χ3v) is 1.39. The van der Waals surface area contributed by atoms with Crippen LogP contribution in [0.4, 0.5) is 8.78 Å². The second-order valence-electron chi connectivity index (χ2n) is 1.87. The van der Waals surface area contributed by atoms with Crippen molar-refractivity contribution >= 4 is 12.6 Å². The quantitative estimate of drug-likeness (QED) is 0.625. The van der Waals surface area contributed by atoms with E-state index in [1.807, 2.05) is 0 Å². The van der Waals surface area contributed by atoms with E-state index in [0.717, 1.165) is 0 Å². The third-order valence-electron chi connectivity index (χ3n) is 1.04.